The highest BCUT2D eigenvalue weighted by Gasteiger charge is 2.23. The lowest BCUT2D eigenvalue weighted by Crippen LogP contribution is -2.04. The Hall–Kier alpha value is -3.68. The van der Waals surface area contributed by atoms with Crippen molar-refractivity contribution < 1.29 is 32.6 Å². The maximum absolute atomic E-state index is 12.6. The summed E-state index contributed by atoms with van der Waals surface area (Å²) in [5.74, 6) is 1.02. The summed E-state index contributed by atoms with van der Waals surface area (Å²) in [7, 11) is 1.42. The van der Waals surface area contributed by atoms with Crippen molar-refractivity contribution in [2.75, 3.05) is 13.9 Å². The Labute approximate surface area is 150 Å². The van der Waals surface area contributed by atoms with Crippen LogP contribution in [0.5, 0.6) is 23.0 Å². The number of esters is 1. The van der Waals surface area contributed by atoms with Gasteiger partial charge in [0.1, 0.15) is 16.6 Å². The number of carbonyl (C=O) groups is 1. The fraction of sp³-hybridized carbons (Fsp3) is 0.158. The van der Waals surface area contributed by atoms with E-state index in [1.165, 1.54) is 20.1 Å². The van der Waals surface area contributed by atoms with E-state index in [2.05, 4.69) is 0 Å². The molecular weight excluding hydrogens is 356 g/mol. The van der Waals surface area contributed by atoms with Gasteiger partial charge in [-0.05, 0) is 12.1 Å². The highest BCUT2D eigenvalue weighted by molar-refractivity contribution is 6.14. The second-order valence-corrected chi connectivity index (χ2v) is 5.99. The van der Waals surface area contributed by atoms with Crippen LogP contribution in [0.4, 0.5) is 0 Å². The molecule has 0 saturated carbocycles. The molecule has 136 valence electrons. The van der Waals surface area contributed by atoms with Crippen LogP contribution in [0.2, 0.25) is 0 Å². The Morgan fingerprint density at radius 3 is 2.44 bits per heavy atom. The first-order valence-electron chi connectivity index (χ1n) is 8.04. The van der Waals surface area contributed by atoms with Crippen LogP contribution >= 0.6 is 0 Å². The fourth-order valence-corrected chi connectivity index (χ4v) is 3.23. The first-order chi connectivity index (χ1) is 13.0. The van der Waals surface area contributed by atoms with Crippen molar-refractivity contribution in [2.45, 2.75) is 6.92 Å². The van der Waals surface area contributed by atoms with Crippen molar-refractivity contribution in [2.24, 2.45) is 0 Å². The highest BCUT2D eigenvalue weighted by atomic mass is 16.7. The van der Waals surface area contributed by atoms with E-state index in [1.54, 1.807) is 18.2 Å². The first kappa shape index (κ1) is 15.6. The van der Waals surface area contributed by atoms with Crippen molar-refractivity contribution in [3.63, 3.8) is 0 Å². The molecule has 0 bridgehead atoms. The molecular formula is C19H12O8. The van der Waals surface area contributed by atoms with Gasteiger partial charge in [0.15, 0.2) is 28.6 Å². The van der Waals surface area contributed by atoms with Crippen LogP contribution in [0.15, 0.2) is 37.9 Å². The number of ether oxygens (including phenoxy) is 4. The van der Waals surface area contributed by atoms with E-state index >= 15 is 0 Å². The quantitative estimate of drug-likeness (QED) is 0.302. The van der Waals surface area contributed by atoms with Crippen molar-refractivity contribution in [1.82, 2.24) is 0 Å². The number of furan rings is 1. The van der Waals surface area contributed by atoms with Gasteiger partial charge in [-0.1, -0.05) is 0 Å². The lowest BCUT2D eigenvalue weighted by Gasteiger charge is -2.09. The second-order valence-electron chi connectivity index (χ2n) is 5.99. The third-order valence-corrected chi connectivity index (χ3v) is 4.35. The maximum atomic E-state index is 12.6. The standard InChI is InChI=1S/C19H12O8/c1-8(20)25-16-4-10-12(5-13(16)22-2)27-19(21)17-9-3-14-15(24-7-23-14)6-11(9)26-18(10)17/h3-6H,7H2,1-2H3. The third-order valence-electron chi connectivity index (χ3n) is 4.35. The number of carbonyl (C=O) groups excluding carboxylic acids is 1. The molecule has 3 heterocycles. The monoisotopic (exact) mass is 368 g/mol. The van der Waals surface area contributed by atoms with Crippen LogP contribution in [0.1, 0.15) is 6.92 Å². The van der Waals surface area contributed by atoms with E-state index in [-0.39, 0.29) is 29.3 Å². The fourth-order valence-electron chi connectivity index (χ4n) is 3.23. The topological polar surface area (TPSA) is 97.3 Å². The number of rotatable bonds is 2. The molecule has 27 heavy (non-hydrogen) atoms. The van der Waals surface area contributed by atoms with Crippen molar-refractivity contribution in [3.05, 3.63) is 34.7 Å². The normalized spacial score (nSPS) is 12.8. The average molecular weight is 368 g/mol. The Bertz CT molecular complexity index is 1310. The average Bonchev–Trinajstić information content (AvgIpc) is 3.23. The van der Waals surface area contributed by atoms with E-state index in [4.69, 9.17) is 27.8 Å². The van der Waals surface area contributed by atoms with Gasteiger partial charge in [0.05, 0.1) is 12.5 Å². The molecule has 0 radical (unpaired) electrons. The van der Waals surface area contributed by atoms with Gasteiger partial charge < -0.3 is 27.8 Å². The summed E-state index contributed by atoms with van der Waals surface area (Å²) in [5, 5.41) is 1.30. The summed E-state index contributed by atoms with van der Waals surface area (Å²) in [6.45, 7) is 1.40. The molecule has 0 spiro atoms. The molecule has 2 aromatic heterocycles. The molecule has 5 rings (SSSR count). The Morgan fingerprint density at radius 2 is 1.70 bits per heavy atom. The highest BCUT2D eigenvalue weighted by Crippen LogP contribution is 2.42. The van der Waals surface area contributed by atoms with Gasteiger partial charge >= 0.3 is 11.6 Å². The molecule has 0 amide bonds. The van der Waals surface area contributed by atoms with Crippen LogP contribution in [0, 0.1) is 0 Å². The van der Waals surface area contributed by atoms with Crippen molar-refractivity contribution in [1.29, 1.82) is 0 Å². The zero-order chi connectivity index (χ0) is 18.7. The van der Waals surface area contributed by atoms with Crippen LogP contribution in [0.3, 0.4) is 0 Å². The predicted octanol–water partition coefficient (Wildman–Crippen LogP) is 3.36. The third kappa shape index (κ3) is 2.23. The van der Waals surface area contributed by atoms with E-state index in [9.17, 15) is 9.59 Å². The summed E-state index contributed by atoms with van der Waals surface area (Å²) in [4.78, 5) is 24.0. The lowest BCUT2D eigenvalue weighted by molar-refractivity contribution is -0.132. The number of hydrogen-bond donors (Lipinski definition) is 0. The first-order valence-corrected chi connectivity index (χ1v) is 8.04. The summed E-state index contributed by atoms with van der Waals surface area (Å²) >= 11 is 0. The molecule has 0 aliphatic carbocycles. The van der Waals surface area contributed by atoms with E-state index in [0.29, 0.717) is 33.4 Å². The molecule has 0 atom stereocenters. The Balaban J connectivity index is 1.89. The minimum Gasteiger partial charge on any atom is -0.493 e. The Kier molecular flexibility index (Phi) is 3.12. The Morgan fingerprint density at radius 1 is 0.963 bits per heavy atom. The molecule has 8 heteroatoms. The summed E-state index contributed by atoms with van der Waals surface area (Å²) in [6, 6.07) is 6.37. The summed E-state index contributed by atoms with van der Waals surface area (Å²) < 4.78 is 32.5. The second kappa shape index (κ2) is 5.41. The number of benzene rings is 2. The molecule has 8 nitrogen and oxygen atoms in total. The van der Waals surface area contributed by atoms with Gasteiger partial charge in [0.2, 0.25) is 6.79 Å². The van der Waals surface area contributed by atoms with E-state index < -0.39 is 11.6 Å². The van der Waals surface area contributed by atoms with Crippen LogP contribution in [-0.4, -0.2) is 19.9 Å². The minimum absolute atomic E-state index is 0.114. The van der Waals surface area contributed by atoms with Gasteiger partial charge in [-0.3, -0.25) is 4.79 Å². The summed E-state index contributed by atoms with van der Waals surface area (Å²) in [6.07, 6.45) is 0. The van der Waals surface area contributed by atoms with Crippen molar-refractivity contribution >= 4 is 38.9 Å². The molecule has 2 aromatic carbocycles. The molecule has 0 saturated heterocycles. The van der Waals surface area contributed by atoms with Gasteiger partial charge in [-0.25, -0.2) is 4.79 Å². The van der Waals surface area contributed by atoms with Gasteiger partial charge in [0, 0.05) is 24.4 Å². The molecule has 1 aliphatic rings. The largest absolute Gasteiger partial charge is 0.493 e. The van der Waals surface area contributed by atoms with E-state index in [1.807, 2.05) is 0 Å². The predicted molar refractivity (Wildman–Crippen MR) is 93.7 cm³/mol. The smallest absolute Gasteiger partial charge is 0.348 e. The van der Waals surface area contributed by atoms with Crippen LogP contribution < -0.4 is 24.6 Å². The molecule has 0 N–H and O–H groups in total. The van der Waals surface area contributed by atoms with Crippen molar-refractivity contribution in [3.8, 4) is 23.0 Å². The molecule has 1 aliphatic heterocycles. The van der Waals surface area contributed by atoms with Gasteiger partial charge in [0.25, 0.3) is 0 Å². The number of methoxy groups -OCH3 is 1. The van der Waals surface area contributed by atoms with Gasteiger partial charge in [-0.2, -0.15) is 0 Å². The number of hydrogen-bond acceptors (Lipinski definition) is 8. The molecule has 0 fully saturated rings. The SMILES string of the molecule is COc1cc2oc(=O)c3c4cc5c(cc4oc3c2cc1OC(C)=O)OCO5. The van der Waals surface area contributed by atoms with Crippen LogP contribution in [-0.2, 0) is 4.79 Å². The zero-order valence-electron chi connectivity index (χ0n) is 14.3. The molecule has 0 unspecified atom stereocenters. The van der Waals surface area contributed by atoms with Gasteiger partial charge in [-0.15, -0.1) is 0 Å². The van der Waals surface area contributed by atoms with E-state index in [0.717, 1.165) is 0 Å². The number of fused-ring (bicyclic) bond motifs is 6. The molecule has 4 aromatic rings. The lowest BCUT2D eigenvalue weighted by atomic mass is 10.1. The zero-order valence-corrected chi connectivity index (χ0v) is 14.3. The minimum atomic E-state index is -0.558. The summed E-state index contributed by atoms with van der Waals surface area (Å²) in [5.41, 5.74) is 0.464. The van der Waals surface area contributed by atoms with Crippen LogP contribution in [0.25, 0.3) is 32.9 Å². The maximum Gasteiger partial charge on any atom is 0.348 e.